The number of anilines is 1. The van der Waals surface area contributed by atoms with E-state index in [0.29, 0.717) is 5.88 Å². The average Bonchev–Trinajstić information content (AvgIpc) is 2.72. The molecule has 1 aromatic heterocycles. The van der Waals surface area contributed by atoms with E-state index in [1.807, 2.05) is 12.3 Å². The molecule has 2 aliphatic rings. The summed E-state index contributed by atoms with van der Waals surface area (Å²) in [6, 6.07) is 4.03. The van der Waals surface area contributed by atoms with Crippen molar-refractivity contribution in [2.45, 2.75) is 51.9 Å². The molecule has 0 spiro atoms. The molecule has 3 rings (SSSR count). The summed E-state index contributed by atoms with van der Waals surface area (Å²) in [6.07, 6.45) is 11.4. The van der Waals surface area contributed by atoms with Crippen molar-refractivity contribution < 1.29 is 4.74 Å². The first kappa shape index (κ1) is 19.4. The van der Waals surface area contributed by atoms with Gasteiger partial charge in [0.05, 0.1) is 24.0 Å². The van der Waals surface area contributed by atoms with Crippen LogP contribution in [0.5, 0.6) is 5.88 Å². The van der Waals surface area contributed by atoms with Gasteiger partial charge < -0.3 is 14.5 Å². The molecule has 0 N–H and O–H groups in total. The molecule has 1 saturated heterocycles. The maximum atomic E-state index is 5.85. The van der Waals surface area contributed by atoms with Gasteiger partial charge in [-0.2, -0.15) is 0 Å². The Morgan fingerprint density at radius 2 is 1.92 bits per heavy atom. The van der Waals surface area contributed by atoms with Crippen LogP contribution in [0.3, 0.4) is 0 Å². The molecule has 1 aliphatic carbocycles. The number of aromatic nitrogens is 1. The lowest BCUT2D eigenvalue weighted by molar-refractivity contribution is 0.241. The standard InChI is InChI=1S/C21H33N3OS/c1-3-17(18-7-5-4-6-8-18)15-21(26)24-13-11-23(12-14-24)19-9-10-20(25-2)22-16-19/h9-10,16-18H,3-8,11-15H2,1-2H3. The first-order valence-corrected chi connectivity index (χ1v) is 10.6. The fourth-order valence-electron chi connectivity index (χ4n) is 4.50. The van der Waals surface area contributed by atoms with Crippen molar-refractivity contribution in [3.05, 3.63) is 18.3 Å². The van der Waals surface area contributed by atoms with Crippen molar-refractivity contribution in [3.63, 3.8) is 0 Å². The van der Waals surface area contributed by atoms with E-state index in [-0.39, 0.29) is 0 Å². The van der Waals surface area contributed by atoms with Gasteiger partial charge in [0.2, 0.25) is 5.88 Å². The summed E-state index contributed by atoms with van der Waals surface area (Å²) in [5.41, 5.74) is 1.17. The Hall–Kier alpha value is -1.36. The Labute approximate surface area is 163 Å². The largest absolute Gasteiger partial charge is 0.481 e. The van der Waals surface area contributed by atoms with Crippen LogP contribution >= 0.6 is 12.2 Å². The van der Waals surface area contributed by atoms with Crippen molar-refractivity contribution in [1.82, 2.24) is 9.88 Å². The highest BCUT2D eigenvalue weighted by Crippen LogP contribution is 2.34. The normalized spacial score (nSPS) is 20.1. The third kappa shape index (κ3) is 4.87. The van der Waals surface area contributed by atoms with Crippen LogP contribution < -0.4 is 9.64 Å². The Morgan fingerprint density at radius 3 is 2.50 bits per heavy atom. The molecule has 0 bridgehead atoms. The number of hydrogen-bond acceptors (Lipinski definition) is 4. The van der Waals surface area contributed by atoms with Gasteiger partial charge in [0.25, 0.3) is 0 Å². The highest BCUT2D eigenvalue weighted by molar-refractivity contribution is 7.80. The Kier molecular flexibility index (Phi) is 7.12. The number of methoxy groups -OCH3 is 1. The van der Waals surface area contributed by atoms with Crippen LogP contribution in [0.2, 0.25) is 0 Å². The molecule has 1 aromatic rings. The minimum atomic E-state index is 0.668. The van der Waals surface area contributed by atoms with E-state index < -0.39 is 0 Å². The van der Waals surface area contributed by atoms with Gasteiger partial charge in [-0.25, -0.2) is 4.98 Å². The summed E-state index contributed by atoms with van der Waals surface area (Å²) >= 11 is 5.85. The molecule has 1 unspecified atom stereocenters. The van der Waals surface area contributed by atoms with E-state index >= 15 is 0 Å². The smallest absolute Gasteiger partial charge is 0.213 e. The third-order valence-electron chi connectivity index (χ3n) is 6.21. The van der Waals surface area contributed by atoms with Crippen molar-refractivity contribution in [2.75, 3.05) is 38.2 Å². The van der Waals surface area contributed by atoms with Crippen LogP contribution in [0.25, 0.3) is 0 Å². The predicted molar refractivity (Wildman–Crippen MR) is 112 cm³/mol. The second-order valence-electron chi connectivity index (χ2n) is 7.70. The van der Waals surface area contributed by atoms with Gasteiger partial charge in [0.15, 0.2) is 0 Å². The number of piperazine rings is 1. The minimum absolute atomic E-state index is 0.668. The van der Waals surface area contributed by atoms with E-state index in [2.05, 4.69) is 27.8 Å². The van der Waals surface area contributed by atoms with Gasteiger partial charge in [-0.1, -0.05) is 57.7 Å². The number of ether oxygens (including phenoxy) is 1. The summed E-state index contributed by atoms with van der Waals surface area (Å²) in [4.78, 5) is 10.3. The first-order chi connectivity index (χ1) is 12.7. The molecule has 5 heteroatoms. The molecular weight excluding hydrogens is 342 g/mol. The van der Waals surface area contributed by atoms with Crippen LogP contribution in [0, 0.1) is 11.8 Å². The molecule has 0 amide bonds. The molecule has 2 fully saturated rings. The lowest BCUT2D eigenvalue weighted by Gasteiger charge is -2.39. The summed E-state index contributed by atoms with van der Waals surface area (Å²) in [5.74, 6) is 2.35. The average molecular weight is 376 g/mol. The molecule has 26 heavy (non-hydrogen) atoms. The maximum absolute atomic E-state index is 5.85. The Morgan fingerprint density at radius 1 is 1.19 bits per heavy atom. The van der Waals surface area contributed by atoms with Gasteiger partial charge >= 0.3 is 0 Å². The monoisotopic (exact) mass is 375 g/mol. The Balaban J connectivity index is 1.49. The van der Waals surface area contributed by atoms with Gasteiger partial charge in [-0.3, -0.25) is 0 Å². The highest BCUT2D eigenvalue weighted by Gasteiger charge is 2.26. The van der Waals surface area contributed by atoms with Crippen molar-refractivity contribution in [1.29, 1.82) is 0 Å². The highest BCUT2D eigenvalue weighted by atomic mass is 32.1. The molecular formula is C21H33N3OS. The van der Waals surface area contributed by atoms with Gasteiger partial charge in [0.1, 0.15) is 0 Å². The lowest BCUT2D eigenvalue weighted by Crippen LogP contribution is -2.48. The lowest BCUT2D eigenvalue weighted by atomic mass is 9.77. The van der Waals surface area contributed by atoms with E-state index in [1.165, 1.54) is 49.2 Å². The molecule has 144 valence electrons. The maximum Gasteiger partial charge on any atom is 0.213 e. The van der Waals surface area contributed by atoms with Crippen LogP contribution in [-0.4, -0.2) is 48.2 Å². The summed E-state index contributed by atoms with van der Waals surface area (Å²) in [6.45, 7) is 6.40. The van der Waals surface area contributed by atoms with Crippen LogP contribution in [-0.2, 0) is 0 Å². The summed E-state index contributed by atoms with van der Waals surface area (Å²) in [7, 11) is 1.65. The molecule has 1 aliphatic heterocycles. The van der Waals surface area contributed by atoms with Gasteiger partial charge in [-0.15, -0.1) is 0 Å². The Bertz CT molecular complexity index is 563. The molecule has 2 heterocycles. The van der Waals surface area contributed by atoms with E-state index in [1.54, 1.807) is 7.11 Å². The van der Waals surface area contributed by atoms with Gasteiger partial charge in [-0.05, 0) is 17.9 Å². The van der Waals surface area contributed by atoms with Crippen LogP contribution in [0.15, 0.2) is 18.3 Å². The molecule has 1 atom stereocenters. The molecule has 0 aromatic carbocycles. The molecule has 4 nitrogen and oxygen atoms in total. The number of rotatable bonds is 6. The van der Waals surface area contributed by atoms with Crippen molar-refractivity contribution in [3.8, 4) is 5.88 Å². The fourth-order valence-corrected chi connectivity index (χ4v) is 4.89. The minimum Gasteiger partial charge on any atom is -0.481 e. The van der Waals surface area contributed by atoms with E-state index in [0.717, 1.165) is 44.4 Å². The SMILES string of the molecule is CCC(CC(=S)N1CCN(c2ccc(OC)nc2)CC1)C1CCCCC1. The van der Waals surface area contributed by atoms with Crippen molar-refractivity contribution >= 4 is 22.9 Å². The summed E-state index contributed by atoms with van der Waals surface area (Å²) in [5, 5.41) is 0. The summed E-state index contributed by atoms with van der Waals surface area (Å²) < 4.78 is 5.15. The van der Waals surface area contributed by atoms with Crippen molar-refractivity contribution in [2.24, 2.45) is 11.8 Å². The van der Waals surface area contributed by atoms with Gasteiger partial charge in [0, 0.05) is 38.7 Å². The number of pyridine rings is 1. The van der Waals surface area contributed by atoms with E-state index in [4.69, 9.17) is 17.0 Å². The number of thiocarbonyl (C=S) groups is 1. The predicted octanol–water partition coefficient (Wildman–Crippen LogP) is 4.54. The fraction of sp³-hybridized carbons (Fsp3) is 0.714. The quantitative estimate of drug-likeness (QED) is 0.681. The molecule has 1 saturated carbocycles. The third-order valence-corrected chi connectivity index (χ3v) is 6.63. The second-order valence-corrected chi connectivity index (χ2v) is 8.17. The van der Waals surface area contributed by atoms with Crippen LogP contribution in [0.4, 0.5) is 5.69 Å². The zero-order valence-corrected chi connectivity index (χ0v) is 17.1. The second kappa shape index (κ2) is 9.54. The zero-order valence-electron chi connectivity index (χ0n) is 16.3. The zero-order chi connectivity index (χ0) is 18.4. The van der Waals surface area contributed by atoms with E-state index in [9.17, 15) is 0 Å². The molecule has 0 radical (unpaired) electrons. The first-order valence-electron chi connectivity index (χ1n) is 10.2. The topological polar surface area (TPSA) is 28.6 Å². The van der Waals surface area contributed by atoms with Crippen LogP contribution in [0.1, 0.15) is 51.9 Å². The number of hydrogen-bond donors (Lipinski definition) is 0. The number of nitrogens with zero attached hydrogens (tertiary/aromatic N) is 3.